The zero-order chi connectivity index (χ0) is 9.80. The molecule has 14 heavy (non-hydrogen) atoms. The summed E-state index contributed by atoms with van der Waals surface area (Å²) >= 11 is 0. The third kappa shape index (κ3) is 1.69. The highest BCUT2D eigenvalue weighted by Crippen LogP contribution is 2.18. The Morgan fingerprint density at radius 3 is 2.71 bits per heavy atom. The van der Waals surface area contributed by atoms with E-state index in [1.165, 1.54) is 11.3 Å². The molecule has 0 atom stereocenters. The summed E-state index contributed by atoms with van der Waals surface area (Å²) in [4.78, 5) is 4.18. The van der Waals surface area contributed by atoms with Crippen LogP contribution in [-0.4, -0.2) is 9.55 Å². The number of aryl methyl sites for hydroxylation is 1. The van der Waals surface area contributed by atoms with E-state index in [-0.39, 0.29) is 0 Å². The number of hydrogen-bond acceptors (Lipinski definition) is 1. The van der Waals surface area contributed by atoms with Crippen LogP contribution in [0.2, 0.25) is 0 Å². The zero-order valence-electron chi connectivity index (χ0n) is 8.35. The van der Waals surface area contributed by atoms with Gasteiger partial charge in [-0.25, -0.2) is 4.98 Å². The fraction of sp³-hybridized carbons (Fsp3) is 0.250. The molecule has 0 aliphatic carbocycles. The van der Waals surface area contributed by atoms with Crippen LogP contribution in [0.15, 0.2) is 42.9 Å². The van der Waals surface area contributed by atoms with Crippen LogP contribution in [0.1, 0.15) is 13.3 Å². The van der Waals surface area contributed by atoms with Gasteiger partial charge in [0.25, 0.3) is 0 Å². The molecule has 0 aliphatic heterocycles. The lowest BCUT2D eigenvalue weighted by Crippen LogP contribution is -1.96. The molecule has 0 spiro atoms. The van der Waals surface area contributed by atoms with Crippen LogP contribution in [0.4, 0.5) is 0 Å². The van der Waals surface area contributed by atoms with E-state index in [9.17, 15) is 0 Å². The van der Waals surface area contributed by atoms with Crippen LogP contribution < -0.4 is 0 Å². The molecule has 0 unspecified atom stereocenters. The summed E-state index contributed by atoms with van der Waals surface area (Å²) < 4.78 is 2.19. The predicted molar refractivity (Wildman–Crippen MR) is 58.0 cm³/mol. The molecule has 2 nitrogen and oxygen atoms in total. The van der Waals surface area contributed by atoms with Gasteiger partial charge in [-0.2, -0.15) is 0 Å². The highest BCUT2D eigenvalue weighted by molar-refractivity contribution is 5.58. The fourth-order valence-electron chi connectivity index (χ4n) is 1.59. The van der Waals surface area contributed by atoms with Crippen molar-refractivity contribution in [3.05, 3.63) is 42.9 Å². The third-order valence-electron chi connectivity index (χ3n) is 2.25. The summed E-state index contributed by atoms with van der Waals surface area (Å²) in [5.41, 5.74) is 2.44. The van der Waals surface area contributed by atoms with Crippen molar-refractivity contribution < 1.29 is 0 Å². The van der Waals surface area contributed by atoms with Crippen molar-refractivity contribution >= 4 is 0 Å². The Kier molecular flexibility index (Phi) is 2.63. The van der Waals surface area contributed by atoms with Crippen molar-refractivity contribution in [3.8, 4) is 11.3 Å². The predicted octanol–water partition coefficient (Wildman–Crippen LogP) is 2.96. The van der Waals surface area contributed by atoms with Crippen LogP contribution in [0, 0.1) is 0 Å². The first-order valence-electron chi connectivity index (χ1n) is 4.97. The van der Waals surface area contributed by atoms with Crippen molar-refractivity contribution in [3.63, 3.8) is 0 Å². The Bertz CT molecular complexity index is 390. The molecule has 1 aromatic carbocycles. The lowest BCUT2D eigenvalue weighted by atomic mass is 10.2. The van der Waals surface area contributed by atoms with Crippen molar-refractivity contribution in [2.75, 3.05) is 0 Å². The number of rotatable bonds is 3. The van der Waals surface area contributed by atoms with Crippen molar-refractivity contribution in [2.45, 2.75) is 19.9 Å². The Labute approximate surface area is 84.2 Å². The molecule has 2 aromatic rings. The average molecular weight is 186 g/mol. The van der Waals surface area contributed by atoms with Crippen LogP contribution in [0.25, 0.3) is 11.3 Å². The zero-order valence-corrected chi connectivity index (χ0v) is 8.35. The maximum atomic E-state index is 4.18. The molecule has 0 amide bonds. The van der Waals surface area contributed by atoms with Crippen molar-refractivity contribution in [1.82, 2.24) is 9.55 Å². The Morgan fingerprint density at radius 1 is 1.21 bits per heavy atom. The van der Waals surface area contributed by atoms with Gasteiger partial charge in [-0.3, -0.25) is 0 Å². The molecule has 0 radical (unpaired) electrons. The van der Waals surface area contributed by atoms with Crippen LogP contribution in [0.3, 0.4) is 0 Å². The minimum Gasteiger partial charge on any atom is -0.331 e. The molecule has 0 saturated heterocycles. The summed E-state index contributed by atoms with van der Waals surface area (Å²) in [7, 11) is 0. The van der Waals surface area contributed by atoms with Gasteiger partial charge in [0, 0.05) is 6.54 Å². The monoisotopic (exact) mass is 186 g/mol. The van der Waals surface area contributed by atoms with Crippen LogP contribution in [0.5, 0.6) is 0 Å². The van der Waals surface area contributed by atoms with Crippen molar-refractivity contribution in [2.24, 2.45) is 0 Å². The Hall–Kier alpha value is -1.57. The van der Waals surface area contributed by atoms with Gasteiger partial charge in [-0.1, -0.05) is 37.3 Å². The van der Waals surface area contributed by atoms with E-state index >= 15 is 0 Å². The topological polar surface area (TPSA) is 17.8 Å². The lowest BCUT2D eigenvalue weighted by Gasteiger charge is -2.05. The van der Waals surface area contributed by atoms with Crippen LogP contribution in [-0.2, 0) is 6.54 Å². The molecule has 72 valence electrons. The van der Waals surface area contributed by atoms with E-state index in [1.54, 1.807) is 0 Å². The molecule has 0 saturated carbocycles. The van der Waals surface area contributed by atoms with Gasteiger partial charge in [0.2, 0.25) is 0 Å². The van der Waals surface area contributed by atoms with Gasteiger partial charge < -0.3 is 4.57 Å². The van der Waals surface area contributed by atoms with Gasteiger partial charge in [0.1, 0.15) is 0 Å². The molecule has 0 fully saturated rings. The first-order chi connectivity index (χ1) is 6.92. The van der Waals surface area contributed by atoms with Gasteiger partial charge in [-0.05, 0) is 12.0 Å². The average Bonchev–Trinajstić information content (AvgIpc) is 2.68. The normalized spacial score (nSPS) is 10.4. The summed E-state index contributed by atoms with van der Waals surface area (Å²) in [5.74, 6) is 0. The van der Waals surface area contributed by atoms with Gasteiger partial charge in [0.05, 0.1) is 18.2 Å². The second-order valence-electron chi connectivity index (χ2n) is 3.34. The van der Waals surface area contributed by atoms with E-state index < -0.39 is 0 Å². The summed E-state index contributed by atoms with van der Waals surface area (Å²) in [6.07, 6.45) is 4.95. The molecular weight excluding hydrogens is 172 g/mol. The first-order valence-corrected chi connectivity index (χ1v) is 4.97. The summed E-state index contributed by atoms with van der Waals surface area (Å²) in [6.45, 7) is 3.21. The third-order valence-corrected chi connectivity index (χ3v) is 2.25. The largest absolute Gasteiger partial charge is 0.331 e. The minimum atomic E-state index is 1.03. The highest BCUT2D eigenvalue weighted by Gasteiger charge is 2.02. The molecule has 0 bridgehead atoms. The number of aromatic nitrogens is 2. The number of imidazole rings is 1. The minimum absolute atomic E-state index is 1.03. The second kappa shape index (κ2) is 4.09. The smallest absolute Gasteiger partial charge is 0.0950 e. The fourth-order valence-corrected chi connectivity index (χ4v) is 1.59. The molecule has 2 heteroatoms. The molecule has 2 rings (SSSR count). The SMILES string of the molecule is CCCn1cncc1-c1ccccc1. The second-order valence-corrected chi connectivity index (χ2v) is 3.34. The maximum absolute atomic E-state index is 4.18. The molecule has 1 aromatic heterocycles. The van der Waals surface area contributed by atoms with Gasteiger partial charge >= 0.3 is 0 Å². The first kappa shape index (κ1) is 9.00. The number of nitrogens with zero attached hydrogens (tertiary/aromatic N) is 2. The Morgan fingerprint density at radius 2 is 2.00 bits per heavy atom. The standard InChI is InChI=1S/C12H14N2/c1-2-8-14-10-13-9-12(14)11-6-4-3-5-7-11/h3-7,9-10H,2,8H2,1H3. The summed E-state index contributed by atoms with van der Waals surface area (Å²) in [5, 5.41) is 0. The van der Waals surface area contributed by atoms with E-state index in [0.29, 0.717) is 0 Å². The Balaban J connectivity index is 2.37. The molecule has 0 aliphatic rings. The summed E-state index contributed by atoms with van der Waals surface area (Å²) in [6, 6.07) is 10.4. The van der Waals surface area contributed by atoms with Crippen LogP contribution >= 0.6 is 0 Å². The van der Waals surface area contributed by atoms with E-state index in [1.807, 2.05) is 18.6 Å². The van der Waals surface area contributed by atoms with E-state index in [0.717, 1.165) is 13.0 Å². The van der Waals surface area contributed by atoms with E-state index in [4.69, 9.17) is 0 Å². The lowest BCUT2D eigenvalue weighted by molar-refractivity contribution is 0.684. The molecule has 0 N–H and O–H groups in total. The molecule has 1 heterocycles. The van der Waals surface area contributed by atoms with Gasteiger partial charge in [-0.15, -0.1) is 0 Å². The number of benzene rings is 1. The van der Waals surface area contributed by atoms with Gasteiger partial charge in [0.15, 0.2) is 0 Å². The number of hydrogen-bond donors (Lipinski definition) is 0. The van der Waals surface area contributed by atoms with Crippen molar-refractivity contribution in [1.29, 1.82) is 0 Å². The maximum Gasteiger partial charge on any atom is 0.0950 e. The van der Waals surface area contributed by atoms with E-state index in [2.05, 4.69) is 40.7 Å². The quantitative estimate of drug-likeness (QED) is 0.720. The highest BCUT2D eigenvalue weighted by atomic mass is 15.0. The molecular formula is C12H14N2.